The first-order valence-electron chi connectivity index (χ1n) is 9.79. The third-order valence-corrected chi connectivity index (χ3v) is 5.03. The maximum Gasteiger partial charge on any atom is 0.267 e. The molecule has 2 aromatic heterocycles. The second-order valence-electron chi connectivity index (χ2n) is 7.08. The molecule has 7 nitrogen and oxygen atoms in total. The van der Waals surface area contributed by atoms with E-state index in [1.54, 1.807) is 48.8 Å². The molecule has 0 spiro atoms. The summed E-state index contributed by atoms with van der Waals surface area (Å²) in [5.74, 6) is -0.257. The van der Waals surface area contributed by atoms with Crippen molar-refractivity contribution in [2.24, 2.45) is 0 Å². The van der Waals surface area contributed by atoms with Crippen molar-refractivity contribution < 1.29 is 4.79 Å². The molecule has 4 rings (SSSR count). The zero-order valence-corrected chi connectivity index (χ0v) is 16.9. The highest BCUT2D eigenvalue weighted by atomic mass is 16.1. The minimum Gasteiger partial charge on any atom is -0.397 e. The van der Waals surface area contributed by atoms with E-state index in [0.29, 0.717) is 22.6 Å². The molecule has 3 N–H and O–H groups in total. The molecule has 1 atom stereocenters. The van der Waals surface area contributed by atoms with Crippen LogP contribution in [0.25, 0.3) is 11.3 Å². The molecule has 4 aromatic rings. The first-order valence-corrected chi connectivity index (χ1v) is 9.79. The normalized spacial score (nSPS) is 11.6. The van der Waals surface area contributed by atoms with Crippen molar-refractivity contribution in [3.63, 3.8) is 0 Å². The van der Waals surface area contributed by atoms with E-state index in [2.05, 4.69) is 15.4 Å². The summed E-state index contributed by atoms with van der Waals surface area (Å²) in [4.78, 5) is 29.0. The summed E-state index contributed by atoms with van der Waals surface area (Å²) >= 11 is 0. The SMILES string of the molecule is C[C@@H](c1ccc(C(=O)Nc2ccccc2N)cc1)n1nc(-c2ccncc2)ccc1=O. The number of hydrogen-bond donors (Lipinski definition) is 2. The van der Waals surface area contributed by atoms with Gasteiger partial charge in [0.25, 0.3) is 11.5 Å². The minimum absolute atomic E-state index is 0.202. The summed E-state index contributed by atoms with van der Waals surface area (Å²) in [6.07, 6.45) is 3.37. The number of carbonyl (C=O) groups is 1. The maximum absolute atomic E-state index is 12.5. The average Bonchev–Trinajstić information content (AvgIpc) is 2.81. The number of rotatable bonds is 5. The predicted molar refractivity (Wildman–Crippen MR) is 121 cm³/mol. The number of para-hydroxylation sites is 2. The topological polar surface area (TPSA) is 103 Å². The van der Waals surface area contributed by atoms with E-state index in [0.717, 1.165) is 11.1 Å². The summed E-state index contributed by atoms with van der Waals surface area (Å²) in [5.41, 5.74) is 9.66. The fourth-order valence-corrected chi connectivity index (χ4v) is 3.24. The fraction of sp³-hybridized carbons (Fsp3) is 0.0833. The lowest BCUT2D eigenvalue weighted by molar-refractivity contribution is 0.102. The van der Waals surface area contributed by atoms with Crippen LogP contribution >= 0.6 is 0 Å². The molecular weight excluding hydrogens is 390 g/mol. The summed E-state index contributed by atoms with van der Waals surface area (Å²) in [6.45, 7) is 1.89. The fourth-order valence-electron chi connectivity index (χ4n) is 3.24. The molecule has 0 aliphatic heterocycles. The third kappa shape index (κ3) is 4.35. The molecule has 0 aliphatic carbocycles. The van der Waals surface area contributed by atoms with Crippen LogP contribution in [-0.4, -0.2) is 20.7 Å². The van der Waals surface area contributed by atoms with Crippen molar-refractivity contribution in [2.45, 2.75) is 13.0 Å². The van der Waals surface area contributed by atoms with Gasteiger partial charge in [-0.05, 0) is 55.0 Å². The number of pyridine rings is 1. The number of nitrogens with two attached hydrogens (primary N) is 1. The number of hydrogen-bond acceptors (Lipinski definition) is 5. The molecule has 154 valence electrons. The van der Waals surface area contributed by atoms with Gasteiger partial charge in [-0.15, -0.1) is 0 Å². The molecule has 1 amide bonds. The van der Waals surface area contributed by atoms with Gasteiger partial charge in [0.05, 0.1) is 23.1 Å². The molecule has 0 fully saturated rings. The van der Waals surface area contributed by atoms with Crippen LogP contribution in [0.2, 0.25) is 0 Å². The zero-order valence-electron chi connectivity index (χ0n) is 16.9. The number of nitrogens with one attached hydrogen (secondary N) is 1. The molecule has 31 heavy (non-hydrogen) atoms. The smallest absolute Gasteiger partial charge is 0.267 e. The van der Waals surface area contributed by atoms with Gasteiger partial charge < -0.3 is 11.1 Å². The lowest BCUT2D eigenvalue weighted by Gasteiger charge is -2.16. The van der Waals surface area contributed by atoms with Crippen molar-refractivity contribution in [1.82, 2.24) is 14.8 Å². The van der Waals surface area contributed by atoms with E-state index in [4.69, 9.17) is 5.73 Å². The van der Waals surface area contributed by atoms with Gasteiger partial charge in [0.1, 0.15) is 0 Å². The van der Waals surface area contributed by atoms with Crippen LogP contribution in [0.5, 0.6) is 0 Å². The van der Waals surface area contributed by atoms with E-state index in [1.165, 1.54) is 10.7 Å². The van der Waals surface area contributed by atoms with E-state index in [9.17, 15) is 9.59 Å². The number of nitrogens with zero attached hydrogens (tertiary/aromatic N) is 3. The molecular formula is C24H21N5O2. The van der Waals surface area contributed by atoms with Gasteiger partial charge in [0.15, 0.2) is 0 Å². The Balaban J connectivity index is 1.56. The van der Waals surface area contributed by atoms with E-state index in [1.807, 2.05) is 37.3 Å². The molecule has 0 unspecified atom stereocenters. The molecule has 0 radical (unpaired) electrons. The summed E-state index contributed by atoms with van der Waals surface area (Å²) in [6, 6.07) is 20.7. The van der Waals surface area contributed by atoms with E-state index >= 15 is 0 Å². The van der Waals surface area contributed by atoms with E-state index in [-0.39, 0.29) is 17.5 Å². The van der Waals surface area contributed by atoms with Gasteiger partial charge >= 0.3 is 0 Å². The Hall–Kier alpha value is -4.26. The zero-order chi connectivity index (χ0) is 21.8. The Morgan fingerprint density at radius 2 is 1.68 bits per heavy atom. The predicted octanol–water partition coefficient (Wildman–Crippen LogP) is 3.75. The van der Waals surface area contributed by atoms with Gasteiger partial charge in [-0.3, -0.25) is 14.6 Å². The van der Waals surface area contributed by atoms with Crippen LogP contribution in [0.3, 0.4) is 0 Å². The number of amides is 1. The lowest BCUT2D eigenvalue weighted by Crippen LogP contribution is -2.26. The highest BCUT2D eigenvalue weighted by molar-refractivity contribution is 6.05. The Morgan fingerprint density at radius 3 is 2.39 bits per heavy atom. The molecule has 7 heteroatoms. The Bertz CT molecular complexity index is 1270. The molecule has 0 bridgehead atoms. The number of aromatic nitrogens is 3. The highest BCUT2D eigenvalue weighted by Crippen LogP contribution is 2.21. The molecule has 2 heterocycles. The van der Waals surface area contributed by atoms with Gasteiger partial charge in [-0.25, -0.2) is 4.68 Å². The quantitative estimate of drug-likeness (QED) is 0.487. The first kappa shape index (κ1) is 20.0. The van der Waals surface area contributed by atoms with Crippen molar-refractivity contribution in [3.05, 3.63) is 107 Å². The van der Waals surface area contributed by atoms with Gasteiger partial charge in [0.2, 0.25) is 0 Å². The first-order chi connectivity index (χ1) is 15.0. The second-order valence-corrected chi connectivity index (χ2v) is 7.08. The number of nitrogen functional groups attached to an aromatic ring is 1. The summed E-state index contributed by atoms with van der Waals surface area (Å²) < 4.78 is 1.44. The molecule has 0 aliphatic rings. The largest absolute Gasteiger partial charge is 0.397 e. The number of benzene rings is 2. The number of carbonyl (C=O) groups excluding carboxylic acids is 1. The standard InChI is InChI=1S/C24H21N5O2/c1-16(29-23(30)11-10-21(28-29)18-12-14-26-15-13-18)17-6-8-19(9-7-17)24(31)27-22-5-3-2-4-20(22)25/h2-16H,25H2,1H3,(H,27,31)/t16-/m0/s1. The van der Waals surface area contributed by atoms with Gasteiger partial charge in [-0.1, -0.05) is 24.3 Å². The third-order valence-electron chi connectivity index (χ3n) is 5.03. The van der Waals surface area contributed by atoms with E-state index < -0.39 is 0 Å². The Kier molecular flexibility index (Phi) is 5.57. The lowest BCUT2D eigenvalue weighted by atomic mass is 10.1. The second kappa shape index (κ2) is 8.62. The Morgan fingerprint density at radius 1 is 0.968 bits per heavy atom. The van der Waals surface area contributed by atoms with Crippen molar-refractivity contribution in [1.29, 1.82) is 0 Å². The summed E-state index contributed by atoms with van der Waals surface area (Å²) in [5, 5.41) is 7.33. The van der Waals surface area contributed by atoms with Crippen molar-refractivity contribution in [2.75, 3.05) is 11.1 Å². The maximum atomic E-state index is 12.5. The van der Waals surface area contributed by atoms with Crippen molar-refractivity contribution >= 4 is 17.3 Å². The van der Waals surface area contributed by atoms with Crippen LogP contribution < -0.4 is 16.6 Å². The van der Waals surface area contributed by atoms with Crippen LogP contribution in [0.15, 0.2) is 90.0 Å². The van der Waals surface area contributed by atoms with Gasteiger partial charge in [0, 0.05) is 29.6 Å². The average molecular weight is 411 g/mol. The molecule has 2 aromatic carbocycles. The molecule has 0 saturated heterocycles. The monoisotopic (exact) mass is 411 g/mol. The van der Waals surface area contributed by atoms with Crippen LogP contribution in [0.4, 0.5) is 11.4 Å². The minimum atomic E-state index is -0.309. The van der Waals surface area contributed by atoms with Gasteiger partial charge in [-0.2, -0.15) is 5.10 Å². The molecule has 0 saturated carbocycles. The number of anilines is 2. The van der Waals surface area contributed by atoms with Crippen LogP contribution in [-0.2, 0) is 0 Å². The summed E-state index contributed by atoms with van der Waals surface area (Å²) in [7, 11) is 0. The van der Waals surface area contributed by atoms with Crippen LogP contribution in [0.1, 0.15) is 28.9 Å². The van der Waals surface area contributed by atoms with Crippen molar-refractivity contribution in [3.8, 4) is 11.3 Å². The van der Waals surface area contributed by atoms with Crippen LogP contribution in [0, 0.1) is 0 Å². The highest BCUT2D eigenvalue weighted by Gasteiger charge is 2.14. The Labute approximate surface area is 179 Å².